The number of carbonyl (C=O) groups excluding carboxylic acids is 1. The molecule has 17 heavy (non-hydrogen) atoms. The number of morpholine rings is 1. The van der Waals surface area contributed by atoms with Crippen LogP contribution in [0.1, 0.15) is 17.4 Å². The Morgan fingerprint density at radius 3 is 2.88 bits per heavy atom. The Morgan fingerprint density at radius 2 is 2.24 bits per heavy atom. The highest BCUT2D eigenvalue weighted by Gasteiger charge is 2.35. The van der Waals surface area contributed by atoms with Crippen molar-refractivity contribution in [3.8, 4) is 0 Å². The summed E-state index contributed by atoms with van der Waals surface area (Å²) in [5.41, 5.74) is -0.899. The molecule has 1 aromatic rings. The number of H-pyrrole nitrogens is 1. The molecule has 8 heteroatoms. The van der Waals surface area contributed by atoms with Gasteiger partial charge in [0, 0.05) is 5.27 Å². The zero-order valence-electron chi connectivity index (χ0n) is 9.47. The summed E-state index contributed by atoms with van der Waals surface area (Å²) < 4.78 is 14.6. The second kappa shape index (κ2) is 5.00. The molecule has 1 N–H and O–H groups in total. The van der Waals surface area contributed by atoms with Crippen molar-refractivity contribution >= 4 is 5.97 Å². The van der Waals surface area contributed by atoms with Gasteiger partial charge in [0.15, 0.2) is 0 Å². The van der Waals surface area contributed by atoms with Gasteiger partial charge in [-0.2, -0.15) is 0 Å². The minimum atomic E-state index is -0.741. The van der Waals surface area contributed by atoms with E-state index in [2.05, 4.69) is 9.79 Å². The number of nitrogens with one attached hydrogen (secondary N) is 1. The molecule has 1 aliphatic heterocycles. The smallest absolute Gasteiger partial charge is 0.445 e. The van der Waals surface area contributed by atoms with E-state index < -0.39 is 11.6 Å². The molecule has 0 saturated carbocycles. The quantitative estimate of drug-likeness (QED) is 0.509. The van der Waals surface area contributed by atoms with Crippen molar-refractivity contribution in [3.05, 3.63) is 16.1 Å². The Kier molecular flexibility index (Phi) is 3.43. The van der Waals surface area contributed by atoms with Crippen molar-refractivity contribution in [1.29, 1.82) is 0 Å². The first kappa shape index (κ1) is 11.6. The highest BCUT2D eigenvalue weighted by molar-refractivity contribution is 5.85. The number of hydrogen-bond donors (Lipinski definition) is 1. The number of aromatic amines is 1. The topological polar surface area (TPSA) is 88.7 Å². The molecule has 8 nitrogen and oxygen atoms in total. The molecule has 0 amide bonds. The Labute approximate surface area is 96.6 Å². The summed E-state index contributed by atoms with van der Waals surface area (Å²) in [6, 6.07) is 0. The summed E-state index contributed by atoms with van der Waals surface area (Å²) in [5.74, 6) is -0.700. The highest BCUT2D eigenvalue weighted by Crippen LogP contribution is 1.93. The molecular formula is C9H14N3O5+. The van der Waals surface area contributed by atoms with Gasteiger partial charge in [-0.05, 0) is 6.92 Å². The minimum Gasteiger partial charge on any atom is -0.458 e. The molecular weight excluding hydrogens is 230 g/mol. The molecule has 1 saturated heterocycles. The normalized spacial score (nSPS) is 15.9. The molecule has 1 aliphatic rings. The van der Waals surface area contributed by atoms with Gasteiger partial charge in [-0.1, -0.05) is 0 Å². The fourth-order valence-corrected chi connectivity index (χ4v) is 1.59. The molecule has 0 atom stereocenters. The van der Waals surface area contributed by atoms with Gasteiger partial charge in [-0.15, -0.1) is 5.01 Å². The van der Waals surface area contributed by atoms with Crippen LogP contribution in [0.3, 0.4) is 0 Å². The van der Waals surface area contributed by atoms with Crippen LogP contribution in [0.2, 0.25) is 0 Å². The van der Waals surface area contributed by atoms with Crippen molar-refractivity contribution in [2.24, 2.45) is 0 Å². The van der Waals surface area contributed by atoms with Crippen LogP contribution < -0.4 is 15.4 Å². The number of esters is 1. The standard InChI is InChI=1S/C9H13N3O5/c1-2-16-8(13)7-9(14)17-10-12(7)11-3-5-15-6-4-11/h2-6H2,1H3/p+1. The fraction of sp³-hybridized carbons (Fsp3) is 0.667. The lowest BCUT2D eigenvalue weighted by Gasteiger charge is -2.19. The fourth-order valence-electron chi connectivity index (χ4n) is 1.59. The van der Waals surface area contributed by atoms with Gasteiger partial charge in [0.2, 0.25) is 0 Å². The lowest BCUT2D eigenvalue weighted by molar-refractivity contribution is -0.761. The third-order valence-electron chi connectivity index (χ3n) is 2.37. The maximum atomic E-state index is 11.6. The Morgan fingerprint density at radius 1 is 1.53 bits per heavy atom. The zero-order valence-corrected chi connectivity index (χ0v) is 9.47. The van der Waals surface area contributed by atoms with E-state index >= 15 is 0 Å². The first-order valence-corrected chi connectivity index (χ1v) is 5.37. The molecule has 0 radical (unpaired) electrons. The lowest BCUT2D eigenvalue weighted by Crippen LogP contribution is -2.66. The Balaban J connectivity index is 2.27. The summed E-state index contributed by atoms with van der Waals surface area (Å²) >= 11 is 0. The SMILES string of the molecule is CCOC(=O)c1c(=O)o[nH][n+]1N1CCOCC1. The second-order valence-corrected chi connectivity index (χ2v) is 3.43. The van der Waals surface area contributed by atoms with Crippen molar-refractivity contribution in [2.45, 2.75) is 6.92 Å². The molecule has 1 aromatic heterocycles. The Hall–Kier alpha value is -1.83. The molecule has 0 unspecified atom stereocenters. The average molecular weight is 244 g/mol. The Bertz CT molecular complexity index is 446. The monoisotopic (exact) mass is 244 g/mol. The van der Waals surface area contributed by atoms with Crippen LogP contribution in [0.5, 0.6) is 0 Å². The number of aromatic nitrogens is 2. The molecule has 94 valence electrons. The third-order valence-corrected chi connectivity index (χ3v) is 2.37. The van der Waals surface area contributed by atoms with Crippen molar-refractivity contribution < 1.29 is 23.6 Å². The van der Waals surface area contributed by atoms with E-state index in [0.717, 1.165) is 0 Å². The van der Waals surface area contributed by atoms with Crippen LogP contribution in [0, 0.1) is 0 Å². The summed E-state index contributed by atoms with van der Waals surface area (Å²) in [6.45, 7) is 4.06. The van der Waals surface area contributed by atoms with Gasteiger partial charge in [0.05, 0.1) is 37.7 Å². The van der Waals surface area contributed by atoms with Gasteiger partial charge in [-0.3, -0.25) is 4.52 Å². The molecule has 1 fully saturated rings. The molecule has 0 aliphatic carbocycles. The summed E-state index contributed by atoms with van der Waals surface area (Å²) in [4.78, 5) is 24.3. The predicted molar refractivity (Wildman–Crippen MR) is 54.3 cm³/mol. The maximum Gasteiger partial charge on any atom is 0.445 e. The van der Waals surface area contributed by atoms with Gasteiger partial charge in [-0.25, -0.2) is 9.59 Å². The van der Waals surface area contributed by atoms with Crippen LogP contribution in [0.25, 0.3) is 0 Å². The van der Waals surface area contributed by atoms with E-state index in [0.29, 0.717) is 26.3 Å². The molecule has 2 heterocycles. The zero-order chi connectivity index (χ0) is 12.3. The summed E-state index contributed by atoms with van der Waals surface area (Å²) in [6.07, 6.45) is 0. The van der Waals surface area contributed by atoms with Gasteiger partial charge < -0.3 is 9.47 Å². The average Bonchev–Trinajstić information content (AvgIpc) is 2.73. The maximum absolute atomic E-state index is 11.6. The number of hydrogen-bond acceptors (Lipinski definition) is 6. The van der Waals surface area contributed by atoms with Crippen LogP contribution in [-0.2, 0) is 9.47 Å². The van der Waals surface area contributed by atoms with E-state index in [9.17, 15) is 9.59 Å². The van der Waals surface area contributed by atoms with E-state index in [4.69, 9.17) is 9.47 Å². The van der Waals surface area contributed by atoms with Crippen molar-refractivity contribution in [3.63, 3.8) is 0 Å². The largest absolute Gasteiger partial charge is 0.458 e. The first-order chi connectivity index (χ1) is 8.24. The lowest BCUT2D eigenvalue weighted by atomic mass is 10.4. The number of carbonyl (C=O) groups is 1. The van der Waals surface area contributed by atoms with Crippen LogP contribution in [0.4, 0.5) is 0 Å². The number of nitrogens with zero attached hydrogens (tertiary/aromatic N) is 2. The summed E-state index contributed by atoms with van der Waals surface area (Å²) in [7, 11) is 0. The second-order valence-electron chi connectivity index (χ2n) is 3.43. The molecule has 2 rings (SSSR count). The molecule has 0 aromatic carbocycles. The third kappa shape index (κ3) is 2.31. The van der Waals surface area contributed by atoms with Crippen LogP contribution in [0.15, 0.2) is 9.32 Å². The van der Waals surface area contributed by atoms with Crippen molar-refractivity contribution in [2.75, 3.05) is 37.9 Å². The summed E-state index contributed by atoms with van der Waals surface area (Å²) in [5, 5.41) is 4.13. The van der Waals surface area contributed by atoms with Crippen molar-refractivity contribution in [1.82, 2.24) is 5.27 Å². The van der Waals surface area contributed by atoms with Gasteiger partial charge >= 0.3 is 17.3 Å². The predicted octanol–water partition coefficient (Wildman–Crippen LogP) is -1.60. The van der Waals surface area contributed by atoms with E-state index in [1.54, 1.807) is 11.9 Å². The number of ether oxygens (including phenoxy) is 2. The van der Waals surface area contributed by atoms with Crippen LogP contribution in [-0.4, -0.2) is 44.2 Å². The van der Waals surface area contributed by atoms with Gasteiger partial charge in [0.25, 0.3) is 0 Å². The minimum absolute atomic E-state index is 0.159. The van der Waals surface area contributed by atoms with Crippen LogP contribution >= 0.6 is 0 Å². The van der Waals surface area contributed by atoms with E-state index in [1.165, 1.54) is 4.79 Å². The van der Waals surface area contributed by atoms with Gasteiger partial charge in [0.1, 0.15) is 0 Å². The first-order valence-electron chi connectivity index (χ1n) is 5.37. The van der Waals surface area contributed by atoms with E-state index in [1.807, 2.05) is 0 Å². The molecule has 0 spiro atoms. The molecule has 0 bridgehead atoms. The number of rotatable bonds is 3. The highest BCUT2D eigenvalue weighted by atomic mass is 16.5. The van der Waals surface area contributed by atoms with E-state index in [-0.39, 0.29) is 12.3 Å².